The number of rotatable bonds is 4. The second kappa shape index (κ2) is 6.60. The number of amides is 2. The van der Waals surface area contributed by atoms with Gasteiger partial charge in [-0.15, -0.1) is 0 Å². The third kappa shape index (κ3) is 3.63. The molecule has 0 unspecified atom stereocenters. The van der Waals surface area contributed by atoms with Gasteiger partial charge in [0.05, 0.1) is 6.54 Å². The highest BCUT2D eigenvalue weighted by molar-refractivity contribution is 5.89. The third-order valence-corrected chi connectivity index (χ3v) is 3.44. The van der Waals surface area contributed by atoms with Gasteiger partial charge in [0.1, 0.15) is 0 Å². The number of nitrogens with one attached hydrogen (secondary N) is 1. The van der Waals surface area contributed by atoms with Crippen molar-refractivity contribution in [2.45, 2.75) is 26.4 Å². The Hall–Kier alpha value is -2.37. The smallest absolute Gasteiger partial charge is 0.322 e. The minimum absolute atomic E-state index is 0.0415. The summed E-state index contributed by atoms with van der Waals surface area (Å²) in [5.41, 5.74) is 1.20. The predicted octanol–water partition coefficient (Wildman–Crippen LogP) is 3.75. The van der Waals surface area contributed by atoms with Crippen LogP contribution in [0.2, 0.25) is 0 Å². The second-order valence-electron chi connectivity index (χ2n) is 5.39. The topological polar surface area (TPSA) is 37.3 Å². The molecule has 1 aromatic carbocycles. The number of hydrogen-bond acceptors (Lipinski definition) is 1. The molecule has 1 N–H and O–H groups in total. The largest absolute Gasteiger partial charge is 0.353 e. The molecule has 2 amide bonds. The highest BCUT2D eigenvalue weighted by Gasteiger charge is 2.19. The summed E-state index contributed by atoms with van der Waals surface area (Å²) in [5, 5.41) is 2.59. The summed E-state index contributed by atoms with van der Waals surface area (Å²) < 4.78 is 28.1. The Bertz CT molecular complexity index is 667. The lowest BCUT2D eigenvalue weighted by Gasteiger charge is -2.27. The summed E-state index contributed by atoms with van der Waals surface area (Å²) in [5.74, 6) is -1.93. The van der Waals surface area contributed by atoms with Crippen LogP contribution in [0, 0.1) is 11.6 Å². The lowest BCUT2D eigenvalue weighted by molar-refractivity contribution is 0.192. The van der Waals surface area contributed by atoms with Crippen LogP contribution in [0.3, 0.4) is 0 Å². The van der Waals surface area contributed by atoms with Crippen molar-refractivity contribution >= 4 is 11.7 Å². The number of urea groups is 1. The van der Waals surface area contributed by atoms with Crippen LogP contribution in [-0.4, -0.2) is 21.5 Å². The monoisotopic (exact) mass is 307 g/mol. The van der Waals surface area contributed by atoms with Crippen LogP contribution in [0.25, 0.3) is 0 Å². The van der Waals surface area contributed by atoms with Gasteiger partial charge in [-0.2, -0.15) is 0 Å². The first-order chi connectivity index (χ1) is 10.4. The molecule has 0 bridgehead atoms. The molecule has 1 heterocycles. The molecule has 1 aromatic heterocycles. The first-order valence-electron chi connectivity index (χ1n) is 7.01. The normalized spacial score (nSPS) is 10.8. The molecular formula is C16H19F2N3O. The Labute approximate surface area is 128 Å². The molecule has 0 saturated carbocycles. The van der Waals surface area contributed by atoms with Crippen molar-refractivity contribution in [2.75, 3.05) is 5.32 Å². The van der Waals surface area contributed by atoms with E-state index in [9.17, 15) is 13.6 Å². The van der Waals surface area contributed by atoms with Gasteiger partial charge in [-0.25, -0.2) is 13.6 Å². The third-order valence-electron chi connectivity index (χ3n) is 3.44. The van der Waals surface area contributed by atoms with Crippen LogP contribution in [0.15, 0.2) is 36.5 Å². The van der Waals surface area contributed by atoms with Gasteiger partial charge < -0.3 is 14.8 Å². The van der Waals surface area contributed by atoms with E-state index in [4.69, 9.17) is 0 Å². The Balaban J connectivity index is 2.12. The molecule has 0 atom stereocenters. The van der Waals surface area contributed by atoms with Gasteiger partial charge in [-0.3, -0.25) is 0 Å². The summed E-state index contributed by atoms with van der Waals surface area (Å²) in [4.78, 5) is 14.0. The number of benzene rings is 1. The number of aromatic nitrogens is 1. The summed E-state index contributed by atoms with van der Waals surface area (Å²) in [6.45, 7) is 4.22. The average molecular weight is 307 g/mol. The summed E-state index contributed by atoms with van der Waals surface area (Å²) >= 11 is 0. The number of carbonyl (C=O) groups excluding carboxylic acids is 1. The van der Waals surface area contributed by atoms with Crippen molar-refractivity contribution in [1.29, 1.82) is 0 Å². The zero-order valence-electron chi connectivity index (χ0n) is 12.8. The summed E-state index contributed by atoms with van der Waals surface area (Å²) in [7, 11) is 1.90. The molecule has 2 aromatic rings. The molecule has 0 aliphatic heterocycles. The lowest BCUT2D eigenvalue weighted by Crippen LogP contribution is -2.39. The zero-order chi connectivity index (χ0) is 16.3. The molecule has 0 aliphatic rings. The van der Waals surface area contributed by atoms with Crippen molar-refractivity contribution < 1.29 is 13.6 Å². The Kier molecular flexibility index (Phi) is 4.80. The van der Waals surface area contributed by atoms with Crippen molar-refractivity contribution in [3.05, 3.63) is 53.9 Å². The SMILES string of the molecule is CC(C)N(Cc1cccn1C)C(=O)Nc1ccc(F)c(F)c1. The molecule has 22 heavy (non-hydrogen) atoms. The highest BCUT2D eigenvalue weighted by Crippen LogP contribution is 2.15. The van der Waals surface area contributed by atoms with E-state index in [-0.39, 0.29) is 17.8 Å². The molecule has 4 nitrogen and oxygen atoms in total. The van der Waals surface area contributed by atoms with Crippen LogP contribution >= 0.6 is 0 Å². The quantitative estimate of drug-likeness (QED) is 0.918. The van der Waals surface area contributed by atoms with Gasteiger partial charge in [-0.1, -0.05) is 0 Å². The molecule has 6 heteroatoms. The standard InChI is InChI=1S/C16H19F2N3O/c1-11(2)21(10-13-5-4-8-20(13)3)16(22)19-12-6-7-14(17)15(18)9-12/h4-9,11H,10H2,1-3H3,(H,19,22). The fourth-order valence-corrected chi connectivity index (χ4v) is 2.09. The lowest BCUT2D eigenvalue weighted by atomic mass is 10.2. The second-order valence-corrected chi connectivity index (χ2v) is 5.39. The molecule has 0 saturated heterocycles. The highest BCUT2D eigenvalue weighted by atomic mass is 19.2. The summed E-state index contributed by atoms with van der Waals surface area (Å²) in [6.07, 6.45) is 1.90. The Morgan fingerprint density at radius 1 is 1.27 bits per heavy atom. The van der Waals surface area contributed by atoms with Crippen LogP contribution < -0.4 is 5.32 Å². The van der Waals surface area contributed by atoms with Gasteiger partial charge in [-0.05, 0) is 38.1 Å². The van der Waals surface area contributed by atoms with Gasteiger partial charge in [0.25, 0.3) is 0 Å². The molecule has 0 spiro atoms. The van der Waals surface area contributed by atoms with E-state index >= 15 is 0 Å². The minimum Gasteiger partial charge on any atom is -0.353 e. The van der Waals surface area contributed by atoms with Crippen molar-refractivity contribution in [3.8, 4) is 0 Å². The molecular weight excluding hydrogens is 288 g/mol. The minimum atomic E-state index is -0.990. The molecule has 0 radical (unpaired) electrons. The van der Waals surface area contributed by atoms with Gasteiger partial charge in [0.15, 0.2) is 11.6 Å². The number of nitrogens with zero attached hydrogens (tertiary/aromatic N) is 2. The van der Waals surface area contributed by atoms with Crippen LogP contribution in [0.1, 0.15) is 19.5 Å². The number of carbonyl (C=O) groups is 1. The maximum atomic E-state index is 13.2. The van der Waals surface area contributed by atoms with E-state index in [1.54, 1.807) is 4.90 Å². The Morgan fingerprint density at radius 2 is 2.00 bits per heavy atom. The number of halogens is 2. The van der Waals surface area contributed by atoms with E-state index in [2.05, 4.69) is 5.32 Å². The molecule has 2 rings (SSSR count). The van der Waals surface area contributed by atoms with E-state index in [1.165, 1.54) is 6.07 Å². The number of aryl methyl sites for hydroxylation is 1. The van der Waals surface area contributed by atoms with Crippen LogP contribution in [0.5, 0.6) is 0 Å². The van der Waals surface area contributed by atoms with E-state index in [0.717, 1.165) is 17.8 Å². The number of anilines is 1. The molecule has 0 aliphatic carbocycles. The predicted molar refractivity (Wildman–Crippen MR) is 81.5 cm³/mol. The zero-order valence-corrected chi connectivity index (χ0v) is 12.8. The first kappa shape index (κ1) is 16.0. The van der Waals surface area contributed by atoms with Crippen LogP contribution in [-0.2, 0) is 13.6 Å². The van der Waals surface area contributed by atoms with Crippen LogP contribution in [0.4, 0.5) is 19.3 Å². The first-order valence-corrected chi connectivity index (χ1v) is 7.01. The van der Waals surface area contributed by atoms with E-state index in [1.807, 2.05) is 43.8 Å². The van der Waals surface area contributed by atoms with Gasteiger partial charge >= 0.3 is 6.03 Å². The van der Waals surface area contributed by atoms with Crippen molar-refractivity contribution in [3.63, 3.8) is 0 Å². The fourth-order valence-electron chi connectivity index (χ4n) is 2.09. The van der Waals surface area contributed by atoms with Crippen molar-refractivity contribution in [2.24, 2.45) is 7.05 Å². The molecule has 118 valence electrons. The fraction of sp³-hybridized carbons (Fsp3) is 0.312. The maximum absolute atomic E-state index is 13.2. The summed E-state index contributed by atoms with van der Waals surface area (Å²) in [6, 6.07) is 6.72. The Morgan fingerprint density at radius 3 is 2.55 bits per heavy atom. The number of hydrogen-bond donors (Lipinski definition) is 1. The van der Waals surface area contributed by atoms with Gasteiger partial charge in [0, 0.05) is 36.7 Å². The van der Waals surface area contributed by atoms with Crippen molar-refractivity contribution in [1.82, 2.24) is 9.47 Å². The van der Waals surface area contributed by atoms with Gasteiger partial charge in [0.2, 0.25) is 0 Å². The van der Waals surface area contributed by atoms with E-state index in [0.29, 0.717) is 6.54 Å². The molecule has 0 fully saturated rings. The van der Waals surface area contributed by atoms with E-state index < -0.39 is 11.6 Å². The average Bonchev–Trinajstić information content (AvgIpc) is 2.85. The maximum Gasteiger partial charge on any atom is 0.322 e.